The molecular formula is C87H97Cl2N11O29. The highest BCUT2D eigenvalue weighted by Crippen LogP contribution is 2.51. The number of nitroso groups, excluding NO2 is 1. The number of likely N-dealkylation sites (N-methyl/N-ethyl adjacent to an activating group) is 1. The molecule has 8 amide bonds. The molecule has 688 valence electrons. The van der Waals surface area contributed by atoms with Crippen molar-refractivity contribution in [3.05, 3.63) is 169 Å². The number of carboxylic acids is 1. The Morgan fingerprint density at radius 2 is 1.23 bits per heavy atom. The fourth-order valence-electron chi connectivity index (χ4n) is 15.9. The first-order valence-electron chi connectivity index (χ1n) is 41.4. The number of amides is 8. The topological polar surface area (TPSA) is 602 Å². The van der Waals surface area contributed by atoms with E-state index < -0.39 is 271 Å². The van der Waals surface area contributed by atoms with Crippen LogP contribution in [0, 0.1) is 10.8 Å². The monoisotopic (exact) mass is 1830 g/mol. The molecule has 8 aliphatic heterocycles. The molecule has 0 radical (unpaired) electrons. The second-order valence-electron chi connectivity index (χ2n) is 32.4. The number of carbonyl (C=O) groups is 9. The minimum atomic E-state index is -2.47. The number of aromatic hydroxyl groups is 4. The van der Waals surface area contributed by atoms with Crippen LogP contribution in [0.1, 0.15) is 147 Å². The molecule has 17 bridgehead atoms. The molecule has 0 unspecified atom stereocenters. The average molecular weight is 1830 g/mol. The smallest absolute Gasteiger partial charge is 0.335 e. The molecule has 8 aliphatic rings. The Balaban J connectivity index is 1.04. The summed E-state index contributed by atoms with van der Waals surface area (Å²) in [4.78, 5) is 150. The number of phenols is 4. The lowest BCUT2D eigenvalue weighted by Gasteiger charge is -2.41. The van der Waals surface area contributed by atoms with Gasteiger partial charge in [0, 0.05) is 61.8 Å². The van der Waals surface area contributed by atoms with Crippen molar-refractivity contribution in [3.8, 4) is 80.1 Å². The quantitative estimate of drug-likeness (QED) is 0.0242. The lowest BCUT2D eigenvalue weighted by atomic mass is 9.89. The number of aliphatic hydroxyl groups is 7. The molecule has 2 saturated heterocycles. The largest absolute Gasteiger partial charge is 0.508 e. The summed E-state index contributed by atoms with van der Waals surface area (Å²) in [6, 6.07) is 5.07. The third kappa shape index (κ3) is 21.3. The number of fused-ring (bicyclic) bond motifs is 14. The van der Waals surface area contributed by atoms with Crippen LogP contribution < -0.4 is 71.5 Å². The SMILES string of the molecule is CN[C@H]1C(=O)N[C@@H]2Cc3ccc(cc3)Oc3cc4cc(c3O[C@@H]3O[C@@H](C(=O)O)[C@@H](O)[C@H](O)[C@H]3NC(=O)CCCCCCCCC(C)C)Oc3ccc(cc3Cl)[C@@H](O)[C@@H]3NC(=O)[C@@H](NC(=O)[C@@H]4NC(=O)[C@H](NC2=O)c2cc(cc(O)c2Cl)Oc2cc1ccc2O)c1ccc(O)c(c1)-c1c(O[C@@H]2O[C@H](CO)[C@H](O)[C@H](O)[C@@H]2O)cc(O)cc1[C@@H](C(=O)NCCCN(C)N=O)NC3=O. The molecule has 18 atom stereocenters. The van der Waals surface area contributed by atoms with Gasteiger partial charge in [-0.1, -0.05) is 106 Å². The average Bonchev–Trinajstić information content (AvgIpc) is 0.741. The van der Waals surface area contributed by atoms with Crippen molar-refractivity contribution in [2.24, 2.45) is 11.2 Å². The van der Waals surface area contributed by atoms with Crippen LogP contribution in [-0.2, 0) is 59.0 Å². The Morgan fingerprint density at radius 3 is 1.93 bits per heavy atom. The Hall–Kier alpha value is -12.5. The molecule has 0 saturated carbocycles. The van der Waals surface area contributed by atoms with Crippen molar-refractivity contribution in [3.63, 3.8) is 0 Å². The van der Waals surface area contributed by atoms with Crippen molar-refractivity contribution >= 4 is 76.4 Å². The minimum Gasteiger partial charge on any atom is -0.508 e. The molecule has 42 heteroatoms. The number of hydrogen-bond donors (Lipinski definition) is 21. The van der Waals surface area contributed by atoms with E-state index in [9.17, 15) is 80.6 Å². The van der Waals surface area contributed by atoms with E-state index in [1.54, 1.807) is 0 Å². The van der Waals surface area contributed by atoms with Crippen LogP contribution >= 0.6 is 23.2 Å². The Morgan fingerprint density at radius 1 is 0.581 bits per heavy atom. The lowest BCUT2D eigenvalue weighted by molar-refractivity contribution is -0.277. The first-order valence-corrected chi connectivity index (χ1v) is 42.2. The van der Waals surface area contributed by atoms with Crippen LogP contribution in [0.2, 0.25) is 10.0 Å². The Kier molecular flexibility index (Phi) is 29.9. The van der Waals surface area contributed by atoms with Gasteiger partial charge in [0.1, 0.15) is 131 Å². The molecule has 7 aromatic rings. The molecule has 0 spiro atoms. The Labute approximate surface area is 745 Å². The molecular weight excluding hydrogens is 1730 g/mol. The predicted octanol–water partition coefficient (Wildman–Crippen LogP) is 4.22. The van der Waals surface area contributed by atoms with Crippen molar-refractivity contribution in [2.75, 3.05) is 33.8 Å². The Bertz CT molecular complexity index is 5400. The first-order chi connectivity index (χ1) is 61.6. The summed E-state index contributed by atoms with van der Waals surface area (Å²) < 4.78 is 44.4. The molecule has 15 rings (SSSR count). The summed E-state index contributed by atoms with van der Waals surface area (Å²) in [7, 11) is 2.76. The number of hydrogen-bond acceptors (Lipinski definition) is 30. The van der Waals surface area contributed by atoms with E-state index in [4.69, 9.17) is 56.4 Å². The number of unbranched alkanes of at least 4 members (excludes halogenated alkanes) is 5. The number of carbonyl (C=O) groups excluding carboxylic acids is 8. The van der Waals surface area contributed by atoms with Crippen LogP contribution in [0.5, 0.6) is 69.0 Å². The van der Waals surface area contributed by atoms with Gasteiger partial charge in [-0.2, -0.15) is 0 Å². The van der Waals surface area contributed by atoms with E-state index >= 15 is 28.8 Å². The fraction of sp³-hybridized carbons (Fsp3) is 0.414. The van der Waals surface area contributed by atoms with Gasteiger partial charge >= 0.3 is 5.97 Å². The molecule has 40 nitrogen and oxygen atoms in total. The zero-order valence-electron chi connectivity index (χ0n) is 69.6. The maximum absolute atomic E-state index is 16.8. The summed E-state index contributed by atoms with van der Waals surface area (Å²) >= 11 is 14.3. The number of phenolic OH excluding ortho intramolecular Hbond substituents is 4. The first kappa shape index (κ1) is 94.2. The minimum absolute atomic E-state index is 0.00532. The molecule has 2 fully saturated rings. The number of aliphatic carboxylic acids is 1. The third-order valence-corrected chi connectivity index (χ3v) is 23.5. The number of benzene rings is 7. The van der Waals surface area contributed by atoms with E-state index in [2.05, 4.69) is 67.0 Å². The number of rotatable bonds is 23. The number of carboxylic acid groups (broad SMARTS) is 1. The second-order valence-corrected chi connectivity index (χ2v) is 33.1. The van der Waals surface area contributed by atoms with Gasteiger partial charge in [-0.05, 0) is 132 Å². The number of nitrogens with one attached hydrogen (secondary N) is 9. The van der Waals surface area contributed by atoms with Crippen molar-refractivity contribution in [1.29, 1.82) is 0 Å². The van der Waals surface area contributed by atoms with Gasteiger partial charge in [0.15, 0.2) is 29.1 Å². The molecule has 21 N–H and O–H groups in total. The highest BCUT2D eigenvalue weighted by atomic mass is 35.5. The molecule has 7 aromatic carbocycles. The summed E-state index contributed by atoms with van der Waals surface area (Å²) in [5, 5.41) is 165. The maximum Gasteiger partial charge on any atom is 0.335 e. The van der Waals surface area contributed by atoms with Crippen LogP contribution in [0.25, 0.3) is 11.1 Å². The summed E-state index contributed by atoms with van der Waals surface area (Å²) in [6.45, 7) is 2.93. The van der Waals surface area contributed by atoms with E-state index in [1.807, 2.05) is 0 Å². The van der Waals surface area contributed by atoms with E-state index in [0.717, 1.165) is 110 Å². The number of halogens is 2. The summed E-state index contributed by atoms with van der Waals surface area (Å²) in [6.07, 6.45) is -16.4. The van der Waals surface area contributed by atoms with E-state index in [0.29, 0.717) is 18.8 Å². The van der Waals surface area contributed by atoms with E-state index in [1.165, 1.54) is 56.6 Å². The van der Waals surface area contributed by atoms with Gasteiger partial charge in [0.05, 0.1) is 21.9 Å². The zero-order valence-corrected chi connectivity index (χ0v) is 71.1. The number of ether oxygens (including phenoxy) is 7. The predicted molar refractivity (Wildman–Crippen MR) is 452 cm³/mol. The molecule has 0 aliphatic carbocycles. The normalized spacial score (nSPS) is 25.6. The molecule has 8 heterocycles. The number of nitrogens with zero attached hydrogens (tertiary/aromatic N) is 2. The zero-order chi connectivity index (χ0) is 92.7. The molecule has 129 heavy (non-hydrogen) atoms. The van der Waals surface area contributed by atoms with Gasteiger partial charge in [-0.25, -0.2) is 4.79 Å². The van der Waals surface area contributed by atoms with Crippen LogP contribution in [0.4, 0.5) is 0 Å². The summed E-state index contributed by atoms with van der Waals surface area (Å²) in [5.74, 6) is -18.0. The standard InChI is InChI=1S/C87H97Cl2N11O29/c1-37(2)12-9-7-5-6-8-10-13-60(106)93-69-72(109)74(111)77(85(120)121)129-86(69)128-76-57-30-42-31-58(76)125-54-23-18-41(28-49(54)88)70(107)68-84(119)97-66(79(114)91-24-11-25-100(4)99-122)47-32-43(102)33-56(126-87-75(112)73(110)71(108)59(36-101)127-87)61(47)46-27-39(16-21-51(46)103)64(81(116)98-68)94-82(117)65(42)95-83(118)67-48-34-45(35-53(105)62(48)89)124-55-29-40(17-22-52(55)104)63(90-3)80(115)92-50(78(113)96-67)26-38-14-19-44(123-57)20-15-38/h14-23,27-35,37,50,59,63-75,77,86-87,90,101-105,107-112H,5-13,24-26,36H2,1-4H3,(H,91,114)(H,92,115)(H,93,106)(H,94,117)(H,95,118)(H,96,113)(H,97,119)(H,98,116)(H,120,121)/t50-,59-,63-,64+,65-,66+,67-,68+,69-,70-,71+,72-,73+,74+,75+,77-,86-,87-/m1/s1. The lowest BCUT2D eigenvalue weighted by Crippen LogP contribution is -2.66. The van der Waals surface area contributed by atoms with E-state index in [-0.39, 0.29) is 59.9 Å². The van der Waals surface area contributed by atoms with Crippen LogP contribution in [0.3, 0.4) is 0 Å². The highest BCUT2D eigenvalue weighted by Gasteiger charge is 2.52. The second kappa shape index (κ2) is 40.9. The van der Waals surface area contributed by atoms with Crippen molar-refractivity contribution in [1.82, 2.24) is 52.9 Å². The van der Waals surface area contributed by atoms with Gasteiger partial charge in [-0.3, -0.25) is 43.4 Å². The number of aliphatic hydroxyl groups excluding tert-OH is 7. The van der Waals surface area contributed by atoms with Crippen LogP contribution in [-0.4, -0.2) is 227 Å². The summed E-state index contributed by atoms with van der Waals surface area (Å²) in [5.41, 5.74) is -2.96. The highest BCUT2D eigenvalue weighted by molar-refractivity contribution is 6.33. The fourth-order valence-corrected chi connectivity index (χ4v) is 16.3. The van der Waals surface area contributed by atoms with Gasteiger partial charge in [-0.15, -0.1) is 4.91 Å². The van der Waals surface area contributed by atoms with Gasteiger partial charge in [0.25, 0.3) is 0 Å². The molecule has 0 aromatic heterocycles. The van der Waals surface area contributed by atoms with Crippen molar-refractivity contribution < 1.29 is 138 Å². The maximum atomic E-state index is 16.8. The van der Waals surface area contributed by atoms with Gasteiger partial charge < -0.3 is 142 Å². The van der Waals surface area contributed by atoms with Crippen LogP contribution in [0.15, 0.2) is 121 Å². The van der Waals surface area contributed by atoms with Crippen molar-refractivity contribution in [2.45, 2.75) is 188 Å². The third-order valence-electron chi connectivity index (χ3n) is 22.8. The van der Waals surface area contributed by atoms with Gasteiger partial charge in [0.2, 0.25) is 65.6 Å².